The molecule has 0 spiro atoms. The summed E-state index contributed by atoms with van der Waals surface area (Å²) in [5, 5.41) is 6.62. The van der Waals surface area contributed by atoms with Crippen molar-refractivity contribution in [2.24, 2.45) is 4.99 Å². The normalized spacial score (nSPS) is 13.7. The van der Waals surface area contributed by atoms with E-state index in [0.717, 1.165) is 22.4 Å². The third-order valence-corrected chi connectivity index (χ3v) is 4.85. The number of hydrogen-bond donors (Lipinski definition) is 2. The molecule has 0 aliphatic carbocycles. The molecule has 3 aromatic rings. The van der Waals surface area contributed by atoms with Crippen LogP contribution in [0, 0.1) is 13.5 Å². The van der Waals surface area contributed by atoms with Crippen molar-refractivity contribution in [3.63, 3.8) is 0 Å². The molecule has 1 heterocycles. The Morgan fingerprint density at radius 3 is 2.40 bits per heavy atom. The van der Waals surface area contributed by atoms with Crippen LogP contribution in [0.4, 0.5) is 11.4 Å². The summed E-state index contributed by atoms with van der Waals surface area (Å²) in [5.41, 5.74) is 4.42. The van der Waals surface area contributed by atoms with Crippen LogP contribution < -0.4 is 10.6 Å². The Morgan fingerprint density at radius 2 is 1.70 bits per heavy atom. The van der Waals surface area contributed by atoms with E-state index in [-0.39, 0.29) is 5.70 Å². The first-order chi connectivity index (χ1) is 14.5. The van der Waals surface area contributed by atoms with E-state index in [4.69, 9.17) is 18.2 Å². The molecular formula is C24H17ClN4O. The second-order valence-electron chi connectivity index (χ2n) is 6.77. The lowest BCUT2D eigenvalue weighted by Gasteiger charge is -2.07. The summed E-state index contributed by atoms with van der Waals surface area (Å²) in [6.45, 7) is 9.62. The molecule has 4 rings (SSSR count). The molecule has 0 atom stereocenters. The van der Waals surface area contributed by atoms with Crippen LogP contribution in [0.25, 0.3) is 10.5 Å². The molecule has 3 aromatic carbocycles. The average Bonchev–Trinajstić information content (AvgIpc) is 3.09. The first-order valence-electron chi connectivity index (χ1n) is 9.26. The molecule has 5 nitrogen and oxygen atoms in total. The van der Waals surface area contributed by atoms with Crippen molar-refractivity contribution in [3.05, 3.63) is 112 Å². The van der Waals surface area contributed by atoms with Crippen LogP contribution in [0.1, 0.15) is 16.7 Å². The molecule has 1 amide bonds. The van der Waals surface area contributed by atoms with E-state index in [2.05, 4.69) is 20.5 Å². The van der Waals surface area contributed by atoms with E-state index in [1.807, 2.05) is 55.5 Å². The summed E-state index contributed by atoms with van der Waals surface area (Å²) in [4.78, 5) is 20.9. The van der Waals surface area contributed by atoms with Gasteiger partial charge in [-0.2, -0.15) is 0 Å². The van der Waals surface area contributed by atoms with Gasteiger partial charge in [-0.1, -0.05) is 48.0 Å². The smallest absolute Gasteiger partial charge is 0.276 e. The van der Waals surface area contributed by atoms with Crippen LogP contribution in [0.5, 0.6) is 0 Å². The number of aryl methyl sites for hydroxylation is 1. The molecule has 6 heteroatoms. The number of nitrogens with one attached hydrogen (secondary N) is 2. The predicted octanol–water partition coefficient (Wildman–Crippen LogP) is 5.75. The maximum Gasteiger partial charge on any atom is 0.276 e. The highest BCUT2D eigenvalue weighted by molar-refractivity contribution is 6.30. The Hall–Kier alpha value is -3.88. The first-order valence-corrected chi connectivity index (χ1v) is 9.64. The molecule has 30 heavy (non-hydrogen) atoms. The Kier molecular flexibility index (Phi) is 5.34. The highest BCUT2D eigenvalue weighted by Gasteiger charge is 2.26. The third kappa shape index (κ3) is 3.95. The van der Waals surface area contributed by atoms with Gasteiger partial charge in [0, 0.05) is 27.5 Å². The van der Waals surface area contributed by atoms with E-state index in [0.29, 0.717) is 22.2 Å². The van der Waals surface area contributed by atoms with Crippen LogP contribution in [-0.2, 0) is 4.79 Å². The van der Waals surface area contributed by atoms with E-state index in [1.54, 1.807) is 24.3 Å². The van der Waals surface area contributed by atoms with Crippen LogP contribution in [0.3, 0.4) is 0 Å². The molecule has 0 saturated heterocycles. The van der Waals surface area contributed by atoms with Crippen molar-refractivity contribution in [2.45, 2.75) is 6.92 Å². The van der Waals surface area contributed by atoms with Crippen molar-refractivity contribution >= 4 is 40.4 Å². The third-order valence-electron chi connectivity index (χ3n) is 4.59. The number of halogens is 1. The van der Waals surface area contributed by atoms with E-state index in [1.165, 1.54) is 0 Å². The van der Waals surface area contributed by atoms with Gasteiger partial charge in [0.05, 0.1) is 12.3 Å². The summed E-state index contributed by atoms with van der Waals surface area (Å²) >= 11 is 5.89. The largest absolute Gasteiger partial charge is 0.340 e. The Labute approximate surface area is 179 Å². The topological polar surface area (TPSA) is 57.9 Å². The van der Waals surface area contributed by atoms with Crippen molar-refractivity contribution in [1.29, 1.82) is 0 Å². The molecule has 0 fully saturated rings. The van der Waals surface area contributed by atoms with Crippen LogP contribution in [0.15, 0.2) is 83.5 Å². The van der Waals surface area contributed by atoms with Gasteiger partial charge in [-0.25, -0.2) is 9.84 Å². The van der Waals surface area contributed by atoms with Gasteiger partial charge in [-0.3, -0.25) is 4.79 Å². The zero-order valence-corrected chi connectivity index (χ0v) is 16.9. The molecular weight excluding hydrogens is 396 g/mol. The highest BCUT2D eigenvalue weighted by atomic mass is 35.5. The Balaban J connectivity index is 1.72. The molecule has 0 saturated carbocycles. The van der Waals surface area contributed by atoms with Gasteiger partial charge in [-0.05, 0) is 48.9 Å². The SMILES string of the molecule is [C-]#[N+]C(C(=O)Nc1ccc(Cl)cc1)=C1N=C(Nc2cccc(C)c2)c2ccccc21. The number of amides is 1. The van der Waals surface area contributed by atoms with E-state index in [9.17, 15) is 4.79 Å². The Bertz CT molecular complexity index is 1240. The zero-order valence-electron chi connectivity index (χ0n) is 16.1. The lowest BCUT2D eigenvalue weighted by molar-refractivity contribution is -0.112. The van der Waals surface area contributed by atoms with Gasteiger partial charge in [0.25, 0.3) is 11.6 Å². The minimum Gasteiger partial charge on any atom is -0.340 e. The van der Waals surface area contributed by atoms with Crippen molar-refractivity contribution in [2.75, 3.05) is 10.6 Å². The summed E-state index contributed by atoms with van der Waals surface area (Å²) in [5.74, 6) is 0.0873. The fraction of sp³-hybridized carbons (Fsp3) is 0.0417. The van der Waals surface area contributed by atoms with Gasteiger partial charge in [0.15, 0.2) is 0 Å². The molecule has 1 aliphatic rings. The number of aliphatic imine (C=N–C) groups is 1. The van der Waals surface area contributed by atoms with Crippen molar-refractivity contribution in [3.8, 4) is 0 Å². The molecule has 1 aliphatic heterocycles. The summed E-state index contributed by atoms with van der Waals surface area (Å²) in [6.07, 6.45) is 0. The maximum atomic E-state index is 12.8. The van der Waals surface area contributed by atoms with Gasteiger partial charge in [-0.15, -0.1) is 0 Å². The monoisotopic (exact) mass is 412 g/mol. The van der Waals surface area contributed by atoms with Crippen LogP contribution in [0.2, 0.25) is 5.02 Å². The number of fused-ring (bicyclic) bond motifs is 1. The van der Waals surface area contributed by atoms with Crippen molar-refractivity contribution < 1.29 is 4.79 Å². The summed E-state index contributed by atoms with van der Waals surface area (Å²) < 4.78 is 0. The molecule has 146 valence electrons. The zero-order chi connectivity index (χ0) is 21.1. The molecule has 0 unspecified atom stereocenters. The minimum atomic E-state index is -0.516. The van der Waals surface area contributed by atoms with Crippen LogP contribution >= 0.6 is 11.6 Å². The quantitative estimate of drug-likeness (QED) is 0.425. The van der Waals surface area contributed by atoms with Gasteiger partial charge >= 0.3 is 0 Å². The molecule has 0 radical (unpaired) electrons. The number of carbonyl (C=O) groups excluding carboxylic acids is 1. The van der Waals surface area contributed by atoms with Crippen molar-refractivity contribution in [1.82, 2.24) is 0 Å². The number of nitrogens with zero attached hydrogens (tertiary/aromatic N) is 2. The molecule has 2 N–H and O–H groups in total. The first kappa shape index (κ1) is 19.4. The number of hydrogen-bond acceptors (Lipinski definition) is 3. The molecule has 0 aromatic heterocycles. The predicted molar refractivity (Wildman–Crippen MR) is 121 cm³/mol. The maximum absolute atomic E-state index is 12.8. The summed E-state index contributed by atoms with van der Waals surface area (Å²) in [7, 11) is 0. The second-order valence-corrected chi connectivity index (χ2v) is 7.21. The van der Waals surface area contributed by atoms with E-state index >= 15 is 0 Å². The minimum absolute atomic E-state index is 0.0709. The fourth-order valence-corrected chi connectivity index (χ4v) is 3.32. The van der Waals surface area contributed by atoms with Gasteiger partial charge < -0.3 is 10.6 Å². The lowest BCUT2D eigenvalue weighted by Crippen LogP contribution is -2.13. The Morgan fingerprint density at radius 1 is 0.967 bits per heavy atom. The average molecular weight is 413 g/mol. The number of amidine groups is 1. The number of benzene rings is 3. The standard InChI is InChI=1S/C24H17ClN4O/c1-15-6-5-7-18(14-15)27-23-20-9-4-3-8-19(20)21(29-23)22(26-2)24(30)28-17-12-10-16(25)11-13-17/h3-14H,1H3,(H,27,29)(H,28,30). The number of rotatable bonds is 3. The van der Waals surface area contributed by atoms with Crippen LogP contribution in [-0.4, -0.2) is 11.7 Å². The number of carbonyl (C=O) groups is 1. The molecule has 0 bridgehead atoms. The van der Waals surface area contributed by atoms with Gasteiger partial charge in [0.1, 0.15) is 5.84 Å². The van der Waals surface area contributed by atoms with E-state index < -0.39 is 5.91 Å². The number of anilines is 2. The fourth-order valence-electron chi connectivity index (χ4n) is 3.20. The van der Waals surface area contributed by atoms with Gasteiger partial charge in [0.2, 0.25) is 0 Å². The summed E-state index contributed by atoms with van der Waals surface area (Å²) in [6, 6.07) is 22.2. The second kappa shape index (κ2) is 8.24. The lowest BCUT2D eigenvalue weighted by atomic mass is 10.1. The highest BCUT2D eigenvalue weighted by Crippen LogP contribution is 2.32.